The highest BCUT2D eigenvalue weighted by atomic mass is 16.5. The predicted molar refractivity (Wildman–Crippen MR) is 71.4 cm³/mol. The van der Waals surface area contributed by atoms with E-state index in [9.17, 15) is 0 Å². The van der Waals surface area contributed by atoms with E-state index in [1.54, 1.807) is 0 Å². The van der Waals surface area contributed by atoms with E-state index < -0.39 is 0 Å². The van der Waals surface area contributed by atoms with Crippen LogP contribution in [0.5, 0.6) is 11.5 Å². The molecule has 1 saturated heterocycles. The summed E-state index contributed by atoms with van der Waals surface area (Å²) in [5, 5.41) is 3.60. The van der Waals surface area contributed by atoms with Gasteiger partial charge in [0.2, 0.25) is 0 Å². The highest BCUT2D eigenvalue weighted by Crippen LogP contribution is 2.32. The van der Waals surface area contributed by atoms with Crippen molar-refractivity contribution in [3.8, 4) is 11.5 Å². The van der Waals surface area contributed by atoms with Crippen LogP contribution < -0.4 is 14.8 Å². The van der Waals surface area contributed by atoms with E-state index in [0.29, 0.717) is 0 Å². The first-order valence-electron chi connectivity index (χ1n) is 6.89. The van der Waals surface area contributed by atoms with Crippen LogP contribution in [0.25, 0.3) is 0 Å². The van der Waals surface area contributed by atoms with Crippen molar-refractivity contribution in [2.75, 3.05) is 19.8 Å². The molecule has 1 unspecified atom stereocenters. The van der Waals surface area contributed by atoms with Crippen LogP contribution in [0.2, 0.25) is 0 Å². The predicted octanol–water partition coefficient (Wildman–Crippen LogP) is 2.53. The van der Waals surface area contributed by atoms with Crippen LogP contribution in [-0.4, -0.2) is 25.3 Å². The second-order valence-corrected chi connectivity index (χ2v) is 5.60. The Morgan fingerprint density at radius 1 is 1.17 bits per heavy atom. The zero-order chi connectivity index (χ0) is 12.4. The Labute approximate surface area is 108 Å². The number of ether oxygens (including phenoxy) is 2. The Balaban J connectivity index is 1.79. The van der Waals surface area contributed by atoms with Crippen LogP contribution in [0.3, 0.4) is 0 Å². The molecular weight excluding hydrogens is 226 g/mol. The number of benzene rings is 1. The molecule has 3 rings (SSSR count). The molecule has 0 spiro atoms. The van der Waals surface area contributed by atoms with Crippen molar-refractivity contribution >= 4 is 0 Å². The van der Waals surface area contributed by atoms with E-state index in [1.807, 2.05) is 6.07 Å². The molecule has 0 aliphatic carbocycles. The fourth-order valence-electron chi connectivity index (χ4n) is 2.88. The molecule has 18 heavy (non-hydrogen) atoms. The lowest BCUT2D eigenvalue weighted by molar-refractivity contribution is 0.297. The number of hydrogen-bond acceptors (Lipinski definition) is 3. The molecule has 3 nitrogen and oxygen atoms in total. The number of rotatable bonds is 2. The average Bonchev–Trinajstić information content (AvgIpc) is 2.64. The van der Waals surface area contributed by atoms with Crippen LogP contribution in [0.4, 0.5) is 0 Å². The van der Waals surface area contributed by atoms with Crippen LogP contribution in [0.1, 0.15) is 31.7 Å². The van der Waals surface area contributed by atoms with Gasteiger partial charge in [-0.25, -0.2) is 0 Å². The fraction of sp³-hybridized carbons (Fsp3) is 0.600. The van der Waals surface area contributed by atoms with Gasteiger partial charge in [0.15, 0.2) is 11.5 Å². The van der Waals surface area contributed by atoms with Gasteiger partial charge < -0.3 is 14.8 Å². The molecule has 1 aromatic carbocycles. The standard InChI is InChI=1S/C15H21NO2/c1-15(6-2-7-16-15)11-12-4-5-13-14(10-12)18-9-3-8-17-13/h4-5,10,16H,2-3,6-9,11H2,1H3. The largest absolute Gasteiger partial charge is 0.490 e. The van der Waals surface area contributed by atoms with Gasteiger partial charge >= 0.3 is 0 Å². The molecule has 2 heterocycles. The first-order chi connectivity index (χ1) is 8.75. The SMILES string of the molecule is CC1(Cc2ccc3c(c2)OCCCO3)CCCN1. The molecule has 98 valence electrons. The summed E-state index contributed by atoms with van der Waals surface area (Å²) in [5.41, 5.74) is 1.58. The molecule has 1 aromatic rings. The number of nitrogens with one attached hydrogen (secondary N) is 1. The molecule has 1 fully saturated rings. The minimum atomic E-state index is 0.250. The first kappa shape index (κ1) is 11.8. The lowest BCUT2D eigenvalue weighted by Crippen LogP contribution is -2.38. The minimum absolute atomic E-state index is 0.250. The first-order valence-corrected chi connectivity index (χ1v) is 6.89. The highest BCUT2D eigenvalue weighted by Gasteiger charge is 2.28. The van der Waals surface area contributed by atoms with Crippen LogP contribution in [0, 0.1) is 0 Å². The second kappa shape index (κ2) is 4.81. The van der Waals surface area contributed by atoms with E-state index in [-0.39, 0.29) is 5.54 Å². The summed E-state index contributed by atoms with van der Waals surface area (Å²) in [7, 11) is 0. The summed E-state index contributed by atoms with van der Waals surface area (Å²) in [4.78, 5) is 0. The Morgan fingerprint density at radius 3 is 2.78 bits per heavy atom. The number of fused-ring (bicyclic) bond motifs is 1. The molecule has 1 atom stereocenters. The zero-order valence-electron chi connectivity index (χ0n) is 11.0. The molecule has 2 aliphatic rings. The molecular formula is C15H21NO2. The van der Waals surface area contributed by atoms with Crippen molar-refractivity contribution in [2.45, 2.75) is 38.1 Å². The van der Waals surface area contributed by atoms with Crippen LogP contribution >= 0.6 is 0 Å². The highest BCUT2D eigenvalue weighted by molar-refractivity contribution is 5.43. The van der Waals surface area contributed by atoms with Gasteiger partial charge in [-0.15, -0.1) is 0 Å². The van der Waals surface area contributed by atoms with Gasteiger partial charge in [-0.2, -0.15) is 0 Å². The van der Waals surface area contributed by atoms with Gasteiger partial charge in [0.25, 0.3) is 0 Å². The van der Waals surface area contributed by atoms with Gasteiger partial charge in [-0.3, -0.25) is 0 Å². The Morgan fingerprint density at radius 2 is 2.00 bits per heavy atom. The van der Waals surface area contributed by atoms with Crippen molar-refractivity contribution in [3.63, 3.8) is 0 Å². The van der Waals surface area contributed by atoms with E-state index >= 15 is 0 Å². The van der Waals surface area contributed by atoms with E-state index in [0.717, 1.165) is 44.1 Å². The van der Waals surface area contributed by atoms with E-state index in [2.05, 4.69) is 24.4 Å². The summed E-state index contributed by atoms with van der Waals surface area (Å²) in [6.07, 6.45) is 4.55. The third-order valence-electron chi connectivity index (χ3n) is 3.86. The molecule has 1 N–H and O–H groups in total. The van der Waals surface area contributed by atoms with E-state index in [1.165, 1.54) is 18.4 Å². The molecule has 0 saturated carbocycles. The topological polar surface area (TPSA) is 30.5 Å². The van der Waals surface area contributed by atoms with Crippen molar-refractivity contribution in [2.24, 2.45) is 0 Å². The molecule has 0 radical (unpaired) electrons. The Kier molecular flexibility index (Phi) is 3.16. The summed E-state index contributed by atoms with van der Waals surface area (Å²) in [6, 6.07) is 6.36. The normalized spacial score (nSPS) is 26.9. The summed E-state index contributed by atoms with van der Waals surface area (Å²) in [6.45, 7) is 4.96. The molecule has 2 aliphatic heterocycles. The quantitative estimate of drug-likeness (QED) is 0.871. The molecule has 0 bridgehead atoms. The van der Waals surface area contributed by atoms with Crippen molar-refractivity contribution in [1.29, 1.82) is 0 Å². The maximum absolute atomic E-state index is 5.74. The number of hydrogen-bond donors (Lipinski definition) is 1. The summed E-state index contributed by atoms with van der Waals surface area (Å²) in [5.74, 6) is 1.80. The molecule has 3 heteroatoms. The van der Waals surface area contributed by atoms with Crippen molar-refractivity contribution in [3.05, 3.63) is 23.8 Å². The lowest BCUT2D eigenvalue weighted by atomic mass is 9.91. The van der Waals surface area contributed by atoms with Gasteiger partial charge in [0.05, 0.1) is 13.2 Å². The second-order valence-electron chi connectivity index (χ2n) is 5.60. The third kappa shape index (κ3) is 2.46. The molecule has 0 amide bonds. The van der Waals surface area contributed by atoms with E-state index in [4.69, 9.17) is 9.47 Å². The van der Waals surface area contributed by atoms with Crippen molar-refractivity contribution < 1.29 is 9.47 Å². The minimum Gasteiger partial charge on any atom is -0.490 e. The Hall–Kier alpha value is -1.22. The summed E-state index contributed by atoms with van der Waals surface area (Å²) < 4.78 is 11.4. The van der Waals surface area contributed by atoms with Gasteiger partial charge in [0, 0.05) is 12.0 Å². The van der Waals surface area contributed by atoms with Crippen LogP contribution in [-0.2, 0) is 6.42 Å². The van der Waals surface area contributed by atoms with Gasteiger partial charge in [-0.05, 0) is 50.4 Å². The monoisotopic (exact) mass is 247 g/mol. The zero-order valence-corrected chi connectivity index (χ0v) is 11.0. The maximum atomic E-state index is 5.74. The maximum Gasteiger partial charge on any atom is 0.161 e. The molecule has 0 aromatic heterocycles. The lowest BCUT2D eigenvalue weighted by Gasteiger charge is -2.24. The summed E-state index contributed by atoms with van der Waals surface area (Å²) >= 11 is 0. The average molecular weight is 247 g/mol. The van der Waals surface area contributed by atoms with Crippen LogP contribution in [0.15, 0.2) is 18.2 Å². The smallest absolute Gasteiger partial charge is 0.161 e. The van der Waals surface area contributed by atoms with Gasteiger partial charge in [0.1, 0.15) is 0 Å². The Bertz CT molecular complexity index is 425. The fourth-order valence-corrected chi connectivity index (χ4v) is 2.88. The van der Waals surface area contributed by atoms with Crippen molar-refractivity contribution in [1.82, 2.24) is 5.32 Å². The van der Waals surface area contributed by atoms with Gasteiger partial charge in [-0.1, -0.05) is 6.07 Å². The third-order valence-corrected chi connectivity index (χ3v) is 3.86.